The van der Waals surface area contributed by atoms with Gasteiger partial charge in [-0.05, 0) is 41.1 Å². The van der Waals surface area contributed by atoms with Crippen molar-refractivity contribution >= 4 is 43.5 Å². The van der Waals surface area contributed by atoms with Gasteiger partial charge in [0.25, 0.3) is 5.89 Å². The topological polar surface area (TPSA) is 38.9 Å². The number of nitrogens with zero attached hydrogens (tertiary/aromatic N) is 2. The molecule has 0 amide bonds. The van der Waals surface area contributed by atoms with Crippen LogP contribution < -0.4 is 0 Å². The monoisotopic (exact) mass is 364 g/mol. The lowest BCUT2D eigenvalue weighted by Crippen LogP contribution is -1.87. The third-order valence-corrected chi connectivity index (χ3v) is 3.34. The van der Waals surface area contributed by atoms with Crippen LogP contribution in [0, 0.1) is 0 Å². The molecule has 0 saturated carbocycles. The van der Waals surface area contributed by atoms with Gasteiger partial charge in [0.05, 0.1) is 10.9 Å². The summed E-state index contributed by atoms with van der Waals surface area (Å²) in [6.45, 7) is 1.80. The number of aromatic nitrogens is 2. The molecule has 1 unspecified atom stereocenters. The Labute approximate surface area is 114 Å². The van der Waals surface area contributed by atoms with E-state index in [0.29, 0.717) is 11.7 Å². The van der Waals surface area contributed by atoms with Crippen molar-refractivity contribution in [3.05, 3.63) is 33.0 Å². The van der Waals surface area contributed by atoms with Crippen molar-refractivity contribution in [2.75, 3.05) is 0 Å². The van der Waals surface area contributed by atoms with E-state index >= 15 is 0 Å². The Hall–Kier alpha value is -0.390. The maximum Gasteiger partial charge on any atom is 0.259 e. The Bertz CT molecular complexity index is 513. The standard InChI is InChI=1S/C10H7Br2ClN2O/c1-5(13)9-14-10(16-15-9)7-4-6(11)2-3-8(7)12/h2-5H,1H3. The fraction of sp³-hybridized carbons (Fsp3) is 0.200. The number of alkyl halides is 1. The second kappa shape index (κ2) is 4.85. The summed E-state index contributed by atoms with van der Waals surface area (Å²) < 4.78 is 7.00. The minimum Gasteiger partial charge on any atom is -0.334 e. The third-order valence-electron chi connectivity index (χ3n) is 1.96. The zero-order valence-corrected chi connectivity index (χ0v) is 12.2. The van der Waals surface area contributed by atoms with E-state index in [4.69, 9.17) is 16.1 Å². The molecule has 1 atom stereocenters. The molecule has 0 aliphatic heterocycles. The number of benzene rings is 1. The number of halogens is 3. The molecule has 0 saturated heterocycles. The highest BCUT2D eigenvalue weighted by atomic mass is 79.9. The van der Waals surface area contributed by atoms with Crippen LogP contribution in [-0.4, -0.2) is 10.1 Å². The lowest BCUT2D eigenvalue weighted by molar-refractivity contribution is 0.422. The van der Waals surface area contributed by atoms with Crippen LogP contribution in [0.2, 0.25) is 0 Å². The van der Waals surface area contributed by atoms with E-state index in [9.17, 15) is 0 Å². The number of hydrogen-bond acceptors (Lipinski definition) is 3. The quantitative estimate of drug-likeness (QED) is 0.732. The fourth-order valence-electron chi connectivity index (χ4n) is 1.17. The molecule has 3 nitrogen and oxygen atoms in total. The zero-order chi connectivity index (χ0) is 11.7. The third kappa shape index (κ3) is 2.47. The summed E-state index contributed by atoms with van der Waals surface area (Å²) in [7, 11) is 0. The minimum absolute atomic E-state index is 0.261. The normalized spacial score (nSPS) is 12.8. The van der Waals surface area contributed by atoms with Gasteiger partial charge in [0, 0.05) is 8.95 Å². The van der Waals surface area contributed by atoms with Crippen LogP contribution in [0.3, 0.4) is 0 Å². The zero-order valence-electron chi connectivity index (χ0n) is 8.25. The van der Waals surface area contributed by atoms with Gasteiger partial charge in [-0.25, -0.2) is 0 Å². The van der Waals surface area contributed by atoms with E-state index < -0.39 is 0 Å². The first-order valence-electron chi connectivity index (χ1n) is 4.51. The molecule has 2 rings (SSSR count). The molecule has 2 aromatic rings. The van der Waals surface area contributed by atoms with Crippen molar-refractivity contribution in [2.24, 2.45) is 0 Å². The number of rotatable bonds is 2. The van der Waals surface area contributed by atoms with Crippen LogP contribution in [0.1, 0.15) is 18.1 Å². The first-order valence-corrected chi connectivity index (χ1v) is 6.53. The smallest absolute Gasteiger partial charge is 0.259 e. The first-order chi connectivity index (χ1) is 7.58. The van der Waals surface area contributed by atoms with Crippen LogP contribution in [-0.2, 0) is 0 Å². The lowest BCUT2D eigenvalue weighted by atomic mass is 10.2. The summed E-state index contributed by atoms with van der Waals surface area (Å²) in [5.74, 6) is 0.944. The van der Waals surface area contributed by atoms with Gasteiger partial charge in [-0.15, -0.1) is 11.6 Å². The second-order valence-electron chi connectivity index (χ2n) is 3.20. The Balaban J connectivity index is 2.46. The highest BCUT2D eigenvalue weighted by Gasteiger charge is 2.14. The van der Waals surface area contributed by atoms with Crippen LogP contribution in [0.4, 0.5) is 0 Å². The fourth-order valence-corrected chi connectivity index (χ4v) is 2.03. The Kier molecular flexibility index (Phi) is 3.66. The summed E-state index contributed by atoms with van der Waals surface area (Å²) in [6, 6.07) is 5.74. The first kappa shape index (κ1) is 12.1. The Morgan fingerprint density at radius 2 is 2.12 bits per heavy atom. The number of hydrogen-bond donors (Lipinski definition) is 0. The predicted octanol–water partition coefficient (Wildman–Crippen LogP) is 4.56. The van der Waals surface area contributed by atoms with Crippen molar-refractivity contribution < 1.29 is 4.52 Å². The summed E-state index contributed by atoms with van der Waals surface area (Å²) >= 11 is 12.7. The molecule has 0 bridgehead atoms. The van der Waals surface area contributed by atoms with Gasteiger partial charge in [-0.1, -0.05) is 21.1 Å². The SMILES string of the molecule is CC(Cl)c1noc(-c2cc(Br)ccc2Br)n1. The van der Waals surface area contributed by atoms with Gasteiger partial charge < -0.3 is 4.52 Å². The van der Waals surface area contributed by atoms with Crippen molar-refractivity contribution in [1.29, 1.82) is 0 Å². The van der Waals surface area contributed by atoms with Gasteiger partial charge in [0.2, 0.25) is 0 Å². The summed E-state index contributed by atoms with van der Waals surface area (Å²) in [5, 5.41) is 3.55. The van der Waals surface area contributed by atoms with Crippen LogP contribution in [0.25, 0.3) is 11.5 Å². The van der Waals surface area contributed by atoms with Crippen LogP contribution >= 0.6 is 43.5 Å². The molecule has 1 aromatic heterocycles. The Morgan fingerprint density at radius 3 is 2.75 bits per heavy atom. The molecule has 0 N–H and O–H groups in total. The Morgan fingerprint density at radius 1 is 1.38 bits per heavy atom. The summed E-state index contributed by atoms with van der Waals surface area (Å²) in [4.78, 5) is 4.22. The molecule has 0 radical (unpaired) electrons. The molecular formula is C10H7Br2ClN2O. The largest absolute Gasteiger partial charge is 0.334 e. The van der Waals surface area contributed by atoms with Crippen molar-refractivity contribution in [3.8, 4) is 11.5 Å². The van der Waals surface area contributed by atoms with Gasteiger partial charge in [0.15, 0.2) is 5.82 Å². The van der Waals surface area contributed by atoms with Crippen LogP contribution in [0.5, 0.6) is 0 Å². The maximum absolute atomic E-state index is 5.87. The summed E-state index contributed by atoms with van der Waals surface area (Å²) in [5.41, 5.74) is 0.838. The molecule has 0 spiro atoms. The van der Waals surface area contributed by atoms with Crippen molar-refractivity contribution in [3.63, 3.8) is 0 Å². The average Bonchev–Trinajstić information content (AvgIpc) is 2.70. The average molecular weight is 366 g/mol. The van der Waals surface area contributed by atoms with Gasteiger partial charge in [-0.2, -0.15) is 4.98 Å². The minimum atomic E-state index is -0.261. The van der Waals surface area contributed by atoms with E-state index in [-0.39, 0.29) is 5.38 Å². The van der Waals surface area contributed by atoms with E-state index in [1.807, 2.05) is 18.2 Å². The predicted molar refractivity (Wildman–Crippen MR) is 69.4 cm³/mol. The molecule has 0 fully saturated rings. The molecule has 0 aliphatic carbocycles. The van der Waals surface area contributed by atoms with Crippen molar-refractivity contribution in [1.82, 2.24) is 10.1 Å². The molecular weight excluding hydrogens is 359 g/mol. The molecule has 16 heavy (non-hydrogen) atoms. The van der Waals surface area contributed by atoms with Crippen molar-refractivity contribution in [2.45, 2.75) is 12.3 Å². The van der Waals surface area contributed by atoms with E-state index in [1.54, 1.807) is 6.92 Å². The summed E-state index contributed by atoms with van der Waals surface area (Å²) in [6.07, 6.45) is 0. The van der Waals surface area contributed by atoms with E-state index in [0.717, 1.165) is 14.5 Å². The van der Waals surface area contributed by atoms with Gasteiger partial charge in [-0.3, -0.25) is 0 Å². The maximum atomic E-state index is 5.87. The highest BCUT2D eigenvalue weighted by Crippen LogP contribution is 2.30. The second-order valence-corrected chi connectivity index (χ2v) is 5.62. The molecule has 84 valence electrons. The van der Waals surface area contributed by atoms with Crippen LogP contribution in [0.15, 0.2) is 31.7 Å². The van der Waals surface area contributed by atoms with Gasteiger partial charge >= 0.3 is 0 Å². The lowest BCUT2D eigenvalue weighted by Gasteiger charge is -1.99. The molecule has 1 heterocycles. The van der Waals surface area contributed by atoms with Gasteiger partial charge in [0.1, 0.15) is 0 Å². The molecule has 1 aromatic carbocycles. The molecule has 0 aliphatic rings. The van der Waals surface area contributed by atoms with E-state index in [2.05, 4.69) is 42.0 Å². The molecule has 6 heteroatoms. The highest BCUT2D eigenvalue weighted by molar-refractivity contribution is 9.11. The van der Waals surface area contributed by atoms with E-state index in [1.165, 1.54) is 0 Å².